The van der Waals surface area contributed by atoms with E-state index in [1.165, 1.54) is 25.0 Å². The van der Waals surface area contributed by atoms with Gasteiger partial charge in [-0.1, -0.05) is 42.5 Å². The maximum atomic E-state index is 12.5. The first kappa shape index (κ1) is 18.1. The molecule has 1 amide bonds. The minimum atomic E-state index is -0.439. The molecule has 6 nitrogen and oxygen atoms in total. The number of carbonyl (C=O) groups is 1. The Labute approximate surface area is 153 Å². The van der Waals surface area contributed by atoms with Gasteiger partial charge in [0.25, 0.3) is 5.69 Å². The highest BCUT2D eigenvalue weighted by Gasteiger charge is 2.20. The highest BCUT2D eigenvalue weighted by Crippen LogP contribution is 2.18. The molecule has 6 heteroatoms. The van der Waals surface area contributed by atoms with Crippen molar-refractivity contribution in [1.82, 2.24) is 10.2 Å². The molecular formula is C20H23N3O3. The van der Waals surface area contributed by atoms with Crippen LogP contribution < -0.4 is 5.32 Å². The van der Waals surface area contributed by atoms with E-state index in [-0.39, 0.29) is 24.1 Å². The van der Waals surface area contributed by atoms with Gasteiger partial charge in [-0.25, -0.2) is 0 Å². The first-order chi connectivity index (χ1) is 12.6. The van der Waals surface area contributed by atoms with Crippen LogP contribution in [0.3, 0.4) is 0 Å². The molecule has 1 aliphatic heterocycles. The average Bonchev–Trinajstić information content (AvgIpc) is 3.15. The molecule has 26 heavy (non-hydrogen) atoms. The molecule has 0 bridgehead atoms. The predicted octanol–water partition coefficient (Wildman–Crippen LogP) is 3.09. The molecule has 2 aromatic rings. The summed E-state index contributed by atoms with van der Waals surface area (Å²) in [5.41, 5.74) is 1.89. The number of hydrogen-bond acceptors (Lipinski definition) is 4. The second-order valence-electron chi connectivity index (χ2n) is 6.64. The van der Waals surface area contributed by atoms with Crippen LogP contribution in [0.5, 0.6) is 0 Å². The third-order valence-electron chi connectivity index (χ3n) is 4.69. The van der Waals surface area contributed by atoms with Gasteiger partial charge in [0.2, 0.25) is 5.91 Å². The predicted molar refractivity (Wildman–Crippen MR) is 99.8 cm³/mol. The topological polar surface area (TPSA) is 75.5 Å². The molecule has 0 aromatic heterocycles. The summed E-state index contributed by atoms with van der Waals surface area (Å²) in [6, 6.07) is 16.1. The van der Waals surface area contributed by atoms with Crippen molar-refractivity contribution in [3.8, 4) is 0 Å². The molecule has 0 saturated carbocycles. The zero-order valence-electron chi connectivity index (χ0n) is 14.6. The Balaban J connectivity index is 1.65. The Morgan fingerprint density at radius 1 is 1.08 bits per heavy atom. The van der Waals surface area contributed by atoms with Gasteiger partial charge in [-0.15, -0.1) is 0 Å². The van der Waals surface area contributed by atoms with Gasteiger partial charge >= 0.3 is 0 Å². The van der Waals surface area contributed by atoms with Gasteiger partial charge in [-0.05, 0) is 37.1 Å². The lowest BCUT2D eigenvalue weighted by molar-refractivity contribution is -0.384. The van der Waals surface area contributed by atoms with Crippen molar-refractivity contribution in [2.45, 2.75) is 25.3 Å². The van der Waals surface area contributed by atoms with Crippen molar-refractivity contribution in [3.05, 3.63) is 75.8 Å². The summed E-state index contributed by atoms with van der Waals surface area (Å²) in [5, 5.41) is 13.9. The summed E-state index contributed by atoms with van der Waals surface area (Å²) in [6.07, 6.45) is 2.62. The second-order valence-corrected chi connectivity index (χ2v) is 6.64. The first-order valence-electron chi connectivity index (χ1n) is 8.92. The molecule has 0 aliphatic carbocycles. The van der Waals surface area contributed by atoms with Gasteiger partial charge in [0.1, 0.15) is 0 Å². The first-order valence-corrected chi connectivity index (χ1v) is 8.92. The van der Waals surface area contributed by atoms with Gasteiger partial charge in [0.15, 0.2) is 0 Å². The van der Waals surface area contributed by atoms with Crippen molar-refractivity contribution in [2.24, 2.45) is 0 Å². The lowest BCUT2D eigenvalue weighted by atomic mass is 10.1. The van der Waals surface area contributed by atoms with Crippen molar-refractivity contribution in [3.63, 3.8) is 0 Å². The molecule has 3 rings (SSSR count). The molecule has 1 heterocycles. The average molecular weight is 353 g/mol. The summed E-state index contributed by atoms with van der Waals surface area (Å²) in [6.45, 7) is 2.94. The minimum absolute atomic E-state index is 0.0327. The summed E-state index contributed by atoms with van der Waals surface area (Å²) >= 11 is 0. The summed E-state index contributed by atoms with van der Waals surface area (Å²) in [4.78, 5) is 25.2. The lowest BCUT2D eigenvalue weighted by Gasteiger charge is -2.25. The quantitative estimate of drug-likeness (QED) is 0.613. The van der Waals surface area contributed by atoms with Crippen molar-refractivity contribution in [2.75, 3.05) is 19.6 Å². The van der Waals surface area contributed by atoms with E-state index in [0.717, 1.165) is 30.8 Å². The Kier molecular flexibility index (Phi) is 5.96. The van der Waals surface area contributed by atoms with Crippen molar-refractivity contribution < 1.29 is 9.72 Å². The number of hydrogen-bond donors (Lipinski definition) is 1. The number of nitrogens with zero attached hydrogens (tertiary/aromatic N) is 2. The normalized spacial score (nSPS) is 15.5. The molecule has 1 saturated heterocycles. The number of nitro benzene ring substituents is 1. The number of carbonyl (C=O) groups excluding carboxylic acids is 1. The van der Waals surface area contributed by atoms with Gasteiger partial charge < -0.3 is 10.2 Å². The molecule has 0 radical (unpaired) electrons. The monoisotopic (exact) mass is 353 g/mol. The fourth-order valence-electron chi connectivity index (χ4n) is 3.31. The number of amides is 1. The number of rotatable bonds is 7. The number of nitro groups is 1. The Bertz CT molecular complexity index is 741. The third-order valence-corrected chi connectivity index (χ3v) is 4.69. The molecule has 1 atom stereocenters. The summed E-state index contributed by atoms with van der Waals surface area (Å²) in [7, 11) is 0. The van der Waals surface area contributed by atoms with Crippen LogP contribution in [-0.4, -0.2) is 35.4 Å². The van der Waals surface area contributed by atoms with Crippen LogP contribution in [0.4, 0.5) is 5.69 Å². The van der Waals surface area contributed by atoms with Gasteiger partial charge in [-0.2, -0.15) is 0 Å². The van der Waals surface area contributed by atoms with Crippen LogP contribution in [-0.2, 0) is 11.2 Å². The van der Waals surface area contributed by atoms with E-state index in [2.05, 4.69) is 10.2 Å². The Morgan fingerprint density at radius 3 is 2.35 bits per heavy atom. The maximum Gasteiger partial charge on any atom is 0.269 e. The van der Waals surface area contributed by atoms with Crippen molar-refractivity contribution in [1.29, 1.82) is 0 Å². The highest BCUT2D eigenvalue weighted by atomic mass is 16.6. The fourth-order valence-corrected chi connectivity index (χ4v) is 3.31. The van der Waals surface area contributed by atoms with Crippen LogP contribution in [0.25, 0.3) is 0 Å². The lowest BCUT2D eigenvalue weighted by Crippen LogP contribution is -2.37. The van der Waals surface area contributed by atoms with E-state index in [1.54, 1.807) is 12.1 Å². The molecule has 1 N–H and O–H groups in total. The largest absolute Gasteiger partial charge is 0.348 e. The summed E-state index contributed by atoms with van der Waals surface area (Å²) < 4.78 is 0. The standard InChI is InChI=1S/C20H23N3O3/c24-20(14-16-8-10-18(11-9-16)23(25)26)21-19(15-22-12-4-5-13-22)17-6-2-1-3-7-17/h1-3,6-11,19H,4-5,12-15H2,(H,21,24). The number of benzene rings is 2. The van der Waals surface area contributed by atoms with E-state index >= 15 is 0 Å². The Hall–Kier alpha value is -2.73. The van der Waals surface area contributed by atoms with Crippen LogP contribution >= 0.6 is 0 Å². The van der Waals surface area contributed by atoms with Crippen LogP contribution in [0.15, 0.2) is 54.6 Å². The second kappa shape index (κ2) is 8.58. The molecule has 0 spiro atoms. The number of likely N-dealkylation sites (tertiary alicyclic amines) is 1. The molecule has 1 aliphatic rings. The SMILES string of the molecule is O=C(Cc1ccc([N+](=O)[O-])cc1)NC(CN1CCCC1)c1ccccc1. The number of non-ortho nitro benzene ring substituents is 1. The molecule has 1 unspecified atom stereocenters. The van der Waals surface area contributed by atoms with Gasteiger partial charge in [-0.3, -0.25) is 14.9 Å². The smallest absolute Gasteiger partial charge is 0.269 e. The van der Waals surface area contributed by atoms with Crippen LogP contribution in [0.1, 0.15) is 30.0 Å². The van der Waals surface area contributed by atoms with E-state index in [1.807, 2.05) is 30.3 Å². The van der Waals surface area contributed by atoms with E-state index < -0.39 is 4.92 Å². The van der Waals surface area contributed by atoms with Gasteiger partial charge in [0.05, 0.1) is 17.4 Å². The van der Waals surface area contributed by atoms with Crippen LogP contribution in [0, 0.1) is 10.1 Å². The fraction of sp³-hybridized carbons (Fsp3) is 0.350. The molecule has 2 aromatic carbocycles. The van der Waals surface area contributed by atoms with E-state index in [0.29, 0.717) is 0 Å². The van der Waals surface area contributed by atoms with E-state index in [9.17, 15) is 14.9 Å². The van der Waals surface area contributed by atoms with E-state index in [4.69, 9.17) is 0 Å². The van der Waals surface area contributed by atoms with Gasteiger partial charge in [0, 0.05) is 18.7 Å². The number of nitrogens with one attached hydrogen (secondary N) is 1. The third kappa shape index (κ3) is 4.89. The van der Waals surface area contributed by atoms with Crippen LogP contribution in [0.2, 0.25) is 0 Å². The highest BCUT2D eigenvalue weighted by molar-refractivity contribution is 5.79. The zero-order chi connectivity index (χ0) is 18.4. The maximum absolute atomic E-state index is 12.5. The zero-order valence-corrected chi connectivity index (χ0v) is 14.6. The minimum Gasteiger partial charge on any atom is -0.348 e. The molecule has 136 valence electrons. The molecule has 1 fully saturated rings. The molecular weight excluding hydrogens is 330 g/mol. The Morgan fingerprint density at radius 2 is 1.73 bits per heavy atom. The van der Waals surface area contributed by atoms with Crippen molar-refractivity contribution >= 4 is 11.6 Å². The summed E-state index contributed by atoms with van der Waals surface area (Å²) in [5.74, 6) is -0.0769.